The van der Waals surface area contributed by atoms with E-state index in [1.54, 1.807) is 0 Å². The monoisotopic (exact) mass is 338 g/mol. The Balaban J connectivity index is 1.58. The molecule has 0 amide bonds. The summed E-state index contributed by atoms with van der Waals surface area (Å²) in [5.41, 5.74) is 5.11. The zero-order chi connectivity index (χ0) is 17.6. The highest BCUT2D eigenvalue weighted by atomic mass is 16.5. The molecule has 0 saturated heterocycles. The van der Waals surface area contributed by atoms with Crippen LogP contribution in [0.1, 0.15) is 30.0 Å². The van der Waals surface area contributed by atoms with E-state index < -0.39 is 0 Å². The standard InChI is InChI=1S/C20H22N2O3/c1-14(22-23)16-8-10-18(11-9-16)24-13-12-19-15(2)25-20(21-19)17-6-4-3-5-7-17/h3-11,14,22-23H,12-13H2,1-2H3. The fraction of sp³-hybridized carbons (Fsp3) is 0.250. The van der Waals surface area contributed by atoms with Crippen molar-refractivity contribution in [3.8, 4) is 17.2 Å². The summed E-state index contributed by atoms with van der Waals surface area (Å²) in [5.74, 6) is 2.25. The van der Waals surface area contributed by atoms with Crippen molar-refractivity contribution in [2.45, 2.75) is 26.3 Å². The number of hydrogen-bond acceptors (Lipinski definition) is 5. The van der Waals surface area contributed by atoms with E-state index in [1.807, 2.05) is 68.4 Å². The number of nitrogens with zero attached hydrogens (tertiary/aromatic N) is 1. The van der Waals surface area contributed by atoms with Crippen molar-refractivity contribution in [1.82, 2.24) is 10.5 Å². The second-order valence-corrected chi connectivity index (χ2v) is 5.91. The lowest BCUT2D eigenvalue weighted by Gasteiger charge is -2.10. The quantitative estimate of drug-likeness (QED) is 0.628. The minimum Gasteiger partial charge on any atom is -0.493 e. The molecule has 1 heterocycles. The van der Waals surface area contributed by atoms with Gasteiger partial charge in [-0.25, -0.2) is 4.98 Å². The summed E-state index contributed by atoms with van der Waals surface area (Å²) >= 11 is 0. The Labute approximate surface area is 147 Å². The number of ether oxygens (including phenoxy) is 1. The van der Waals surface area contributed by atoms with Crippen LogP contribution in [0.25, 0.3) is 11.5 Å². The van der Waals surface area contributed by atoms with Gasteiger partial charge < -0.3 is 14.4 Å². The SMILES string of the molecule is Cc1oc(-c2ccccc2)nc1CCOc1ccc(C(C)NO)cc1. The largest absolute Gasteiger partial charge is 0.493 e. The normalized spacial score (nSPS) is 12.1. The van der Waals surface area contributed by atoms with Gasteiger partial charge in [0.05, 0.1) is 18.3 Å². The van der Waals surface area contributed by atoms with Crippen molar-refractivity contribution in [2.24, 2.45) is 0 Å². The second-order valence-electron chi connectivity index (χ2n) is 5.91. The third-order valence-corrected chi connectivity index (χ3v) is 4.09. The van der Waals surface area contributed by atoms with Crippen LogP contribution in [0.2, 0.25) is 0 Å². The number of aromatic nitrogens is 1. The van der Waals surface area contributed by atoms with Crippen LogP contribution in [0.3, 0.4) is 0 Å². The van der Waals surface area contributed by atoms with Gasteiger partial charge in [0.25, 0.3) is 0 Å². The molecule has 3 rings (SSSR count). The van der Waals surface area contributed by atoms with Gasteiger partial charge in [0.2, 0.25) is 5.89 Å². The van der Waals surface area contributed by atoms with Crippen molar-refractivity contribution >= 4 is 0 Å². The first-order chi connectivity index (χ1) is 12.2. The molecule has 0 aliphatic heterocycles. The van der Waals surface area contributed by atoms with Gasteiger partial charge in [-0.05, 0) is 43.7 Å². The summed E-state index contributed by atoms with van der Waals surface area (Å²) in [6.45, 7) is 4.33. The summed E-state index contributed by atoms with van der Waals surface area (Å²) in [5, 5.41) is 8.94. The average Bonchev–Trinajstić information content (AvgIpc) is 3.03. The molecule has 1 unspecified atom stereocenters. The van der Waals surface area contributed by atoms with E-state index in [-0.39, 0.29) is 6.04 Å². The molecule has 130 valence electrons. The van der Waals surface area contributed by atoms with E-state index >= 15 is 0 Å². The van der Waals surface area contributed by atoms with Gasteiger partial charge in [0.1, 0.15) is 11.5 Å². The van der Waals surface area contributed by atoms with Gasteiger partial charge in [-0.2, -0.15) is 5.48 Å². The summed E-state index contributed by atoms with van der Waals surface area (Å²) in [7, 11) is 0. The number of hydrogen-bond donors (Lipinski definition) is 2. The van der Waals surface area contributed by atoms with Crippen LogP contribution in [0.15, 0.2) is 59.0 Å². The number of hydroxylamine groups is 1. The Morgan fingerprint density at radius 1 is 1.12 bits per heavy atom. The Hall–Kier alpha value is -2.63. The summed E-state index contributed by atoms with van der Waals surface area (Å²) in [4.78, 5) is 4.58. The van der Waals surface area contributed by atoms with Gasteiger partial charge >= 0.3 is 0 Å². The highest BCUT2D eigenvalue weighted by Gasteiger charge is 2.11. The van der Waals surface area contributed by atoms with Gasteiger partial charge in [0.15, 0.2) is 0 Å². The number of oxazole rings is 1. The maximum atomic E-state index is 8.94. The first-order valence-electron chi connectivity index (χ1n) is 8.31. The van der Waals surface area contributed by atoms with Crippen LogP contribution in [-0.4, -0.2) is 16.8 Å². The van der Waals surface area contributed by atoms with Crippen molar-refractivity contribution < 1.29 is 14.4 Å². The fourth-order valence-electron chi connectivity index (χ4n) is 2.56. The molecule has 2 N–H and O–H groups in total. The van der Waals surface area contributed by atoms with Crippen molar-refractivity contribution in [3.05, 3.63) is 71.6 Å². The van der Waals surface area contributed by atoms with Crippen LogP contribution in [0.5, 0.6) is 5.75 Å². The smallest absolute Gasteiger partial charge is 0.226 e. The molecule has 1 aromatic heterocycles. The van der Waals surface area contributed by atoms with Gasteiger partial charge in [-0.3, -0.25) is 0 Å². The highest BCUT2D eigenvalue weighted by molar-refractivity contribution is 5.53. The Bertz CT molecular complexity index is 798. The van der Waals surface area contributed by atoms with Crippen LogP contribution in [0, 0.1) is 6.92 Å². The first kappa shape index (κ1) is 17.2. The number of aryl methyl sites for hydroxylation is 1. The predicted octanol–water partition coefficient (Wildman–Crippen LogP) is 4.31. The number of benzene rings is 2. The molecule has 5 nitrogen and oxygen atoms in total. The summed E-state index contributed by atoms with van der Waals surface area (Å²) < 4.78 is 11.5. The second kappa shape index (κ2) is 7.96. The molecular weight excluding hydrogens is 316 g/mol. The number of rotatable bonds is 7. The predicted molar refractivity (Wildman–Crippen MR) is 95.7 cm³/mol. The highest BCUT2D eigenvalue weighted by Crippen LogP contribution is 2.22. The molecule has 1 atom stereocenters. The summed E-state index contributed by atoms with van der Waals surface area (Å²) in [6, 6.07) is 17.4. The molecule has 0 fully saturated rings. The molecule has 0 bridgehead atoms. The zero-order valence-corrected chi connectivity index (χ0v) is 14.4. The van der Waals surface area contributed by atoms with E-state index in [0.29, 0.717) is 18.9 Å². The summed E-state index contributed by atoms with van der Waals surface area (Å²) in [6.07, 6.45) is 0.679. The minimum atomic E-state index is -0.108. The maximum absolute atomic E-state index is 8.94. The Kier molecular flexibility index (Phi) is 5.48. The third-order valence-electron chi connectivity index (χ3n) is 4.09. The van der Waals surface area contributed by atoms with E-state index in [4.69, 9.17) is 14.4 Å². The first-order valence-corrected chi connectivity index (χ1v) is 8.31. The number of nitrogens with one attached hydrogen (secondary N) is 1. The van der Waals surface area contributed by atoms with E-state index in [2.05, 4.69) is 10.5 Å². The Morgan fingerprint density at radius 3 is 2.52 bits per heavy atom. The van der Waals surface area contributed by atoms with E-state index in [0.717, 1.165) is 28.3 Å². The van der Waals surface area contributed by atoms with Gasteiger partial charge in [-0.15, -0.1) is 0 Å². The molecular formula is C20H22N2O3. The Morgan fingerprint density at radius 2 is 1.84 bits per heavy atom. The molecule has 25 heavy (non-hydrogen) atoms. The van der Waals surface area contributed by atoms with E-state index in [9.17, 15) is 0 Å². The molecule has 0 spiro atoms. The fourth-order valence-corrected chi connectivity index (χ4v) is 2.56. The maximum Gasteiger partial charge on any atom is 0.226 e. The van der Waals surface area contributed by atoms with Gasteiger partial charge in [-0.1, -0.05) is 30.3 Å². The van der Waals surface area contributed by atoms with Crippen LogP contribution in [-0.2, 0) is 6.42 Å². The van der Waals surface area contributed by atoms with Crippen LogP contribution >= 0.6 is 0 Å². The molecule has 0 aliphatic rings. The van der Waals surface area contributed by atoms with Crippen LogP contribution < -0.4 is 10.2 Å². The lowest BCUT2D eigenvalue weighted by Crippen LogP contribution is -2.12. The average molecular weight is 338 g/mol. The molecule has 2 aromatic carbocycles. The van der Waals surface area contributed by atoms with Crippen molar-refractivity contribution in [2.75, 3.05) is 6.61 Å². The third kappa shape index (κ3) is 4.26. The lowest BCUT2D eigenvalue weighted by atomic mass is 10.1. The molecule has 3 aromatic rings. The van der Waals surface area contributed by atoms with Crippen LogP contribution in [0.4, 0.5) is 0 Å². The van der Waals surface area contributed by atoms with E-state index in [1.165, 1.54) is 0 Å². The minimum absolute atomic E-state index is 0.108. The molecule has 0 radical (unpaired) electrons. The van der Waals surface area contributed by atoms with Gasteiger partial charge in [0, 0.05) is 12.0 Å². The molecule has 0 saturated carbocycles. The molecule has 5 heteroatoms. The lowest BCUT2D eigenvalue weighted by molar-refractivity contribution is 0.133. The van der Waals surface area contributed by atoms with Crippen molar-refractivity contribution in [3.63, 3.8) is 0 Å². The molecule has 0 aliphatic carbocycles. The van der Waals surface area contributed by atoms with Crippen molar-refractivity contribution in [1.29, 1.82) is 0 Å². The topological polar surface area (TPSA) is 67.5 Å². The zero-order valence-electron chi connectivity index (χ0n) is 14.4.